The number of hydrogen-bond donors (Lipinski definition) is 1. The van der Waals surface area contributed by atoms with Crippen molar-refractivity contribution in [2.24, 2.45) is 5.92 Å². The summed E-state index contributed by atoms with van der Waals surface area (Å²) in [6.07, 6.45) is 2.55. The maximum absolute atomic E-state index is 13.5. The first kappa shape index (κ1) is 25.5. The average molecular weight is 466 g/mol. The summed E-state index contributed by atoms with van der Waals surface area (Å²) in [5, 5.41) is 9.80. The number of methoxy groups -OCH3 is 1. The summed E-state index contributed by atoms with van der Waals surface area (Å²) < 4.78 is 11.5. The Bertz CT molecular complexity index is 1030. The molecule has 1 aromatic carbocycles. The minimum atomic E-state index is -0.316. The molecule has 0 radical (unpaired) electrons. The molecular weight excluding hydrogens is 430 g/mol. The summed E-state index contributed by atoms with van der Waals surface area (Å²) in [6, 6.07) is 8.89. The summed E-state index contributed by atoms with van der Waals surface area (Å²) in [5.74, 6) is 7.15. The van der Waals surface area contributed by atoms with Crippen molar-refractivity contribution in [2.45, 2.75) is 39.3 Å². The number of pyridine rings is 1. The molecule has 3 rings (SSSR count). The minimum Gasteiger partial charge on any atom is -0.497 e. The van der Waals surface area contributed by atoms with Gasteiger partial charge in [-0.2, -0.15) is 0 Å². The highest BCUT2D eigenvalue weighted by Gasteiger charge is 2.34. The van der Waals surface area contributed by atoms with E-state index in [4.69, 9.17) is 9.47 Å². The van der Waals surface area contributed by atoms with Crippen LogP contribution in [0.15, 0.2) is 36.5 Å². The van der Waals surface area contributed by atoms with Crippen LogP contribution in [-0.4, -0.2) is 78.3 Å². The summed E-state index contributed by atoms with van der Waals surface area (Å²) in [4.78, 5) is 21.9. The molecule has 1 aromatic heterocycles. The van der Waals surface area contributed by atoms with Crippen LogP contribution in [0.5, 0.6) is 11.6 Å². The smallest absolute Gasteiger partial charge is 0.259 e. The summed E-state index contributed by atoms with van der Waals surface area (Å²) in [5.41, 5.74) is 1.83. The molecule has 0 fully saturated rings. The Kier molecular flexibility index (Phi) is 8.91. The third-order valence-corrected chi connectivity index (χ3v) is 6.06. The largest absolute Gasteiger partial charge is 0.497 e. The monoisotopic (exact) mass is 465 g/mol. The van der Waals surface area contributed by atoms with Gasteiger partial charge in [0.25, 0.3) is 5.91 Å². The van der Waals surface area contributed by atoms with Gasteiger partial charge in [-0.05, 0) is 57.3 Å². The number of fused-ring (bicyclic) bond motifs is 1. The third kappa shape index (κ3) is 6.28. The number of ether oxygens (including phenoxy) is 2. The maximum atomic E-state index is 13.5. The summed E-state index contributed by atoms with van der Waals surface area (Å²) in [7, 11) is 3.70. The van der Waals surface area contributed by atoms with Crippen LogP contribution in [0.2, 0.25) is 0 Å². The van der Waals surface area contributed by atoms with Gasteiger partial charge >= 0.3 is 0 Å². The van der Waals surface area contributed by atoms with Crippen molar-refractivity contribution in [1.29, 1.82) is 0 Å². The van der Waals surface area contributed by atoms with E-state index in [1.807, 2.05) is 31.2 Å². The minimum absolute atomic E-state index is 0.0711. The molecular formula is C27H35N3O4. The van der Waals surface area contributed by atoms with Crippen LogP contribution >= 0.6 is 0 Å². The van der Waals surface area contributed by atoms with Gasteiger partial charge in [0, 0.05) is 36.3 Å². The van der Waals surface area contributed by atoms with Gasteiger partial charge < -0.3 is 24.4 Å². The van der Waals surface area contributed by atoms with Gasteiger partial charge in [-0.1, -0.05) is 25.7 Å². The number of carbonyl (C=O) groups is 1. The Balaban J connectivity index is 1.95. The molecule has 182 valence electrons. The highest BCUT2D eigenvalue weighted by atomic mass is 16.5. The van der Waals surface area contributed by atoms with E-state index in [-0.39, 0.29) is 30.6 Å². The zero-order valence-corrected chi connectivity index (χ0v) is 20.7. The van der Waals surface area contributed by atoms with Gasteiger partial charge in [-0.25, -0.2) is 4.98 Å². The Morgan fingerprint density at radius 3 is 2.65 bits per heavy atom. The predicted molar refractivity (Wildman–Crippen MR) is 132 cm³/mol. The number of nitrogens with zero attached hydrogens (tertiary/aromatic N) is 3. The van der Waals surface area contributed by atoms with E-state index in [2.05, 4.69) is 42.6 Å². The van der Waals surface area contributed by atoms with Crippen molar-refractivity contribution in [3.8, 4) is 23.5 Å². The normalized spacial score (nSPS) is 18.8. The number of likely N-dealkylation sites (N-methyl/N-ethyl adjacent to an activating group) is 1. The molecule has 2 heterocycles. The molecule has 0 spiro atoms. The maximum Gasteiger partial charge on any atom is 0.259 e. The molecule has 3 atom stereocenters. The molecule has 1 N–H and O–H groups in total. The first-order chi connectivity index (χ1) is 16.4. The lowest BCUT2D eigenvalue weighted by molar-refractivity contribution is 0.0331. The van der Waals surface area contributed by atoms with Crippen molar-refractivity contribution in [3.63, 3.8) is 0 Å². The van der Waals surface area contributed by atoms with Gasteiger partial charge in [0.15, 0.2) is 0 Å². The molecule has 1 aliphatic heterocycles. The van der Waals surface area contributed by atoms with E-state index in [9.17, 15) is 9.90 Å². The molecule has 0 aliphatic carbocycles. The van der Waals surface area contributed by atoms with Crippen molar-refractivity contribution in [2.75, 3.05) is 40.4 Å². The SMILES string of the molecule is CCCN(C)C[C@H]1Oc2ncc(C#Cc3ccc(OC)cc3)cc2C(=O)N([C@H](C)CO)C[C@H]1C. The second kappa shape index (κ2) is 11.9. The standard InChI is InChI=1S/C27H35N3O4/c1-6-13-29(4)17-25-19(2)16-30(20(3)18-31)27(32)24-14-22(15-28-26(24)34-25)8-7-21-9-11-23(33-5)12-10-21/h9-12,14-15,19-20,25,31H,6,13,16-18H2,1-5H3/t19-,20-,25-/m1/s1. The summed E-state index contributed by atoms with van der Waals surface area (Å²) in [6.45, 7) is 8.15. The Labute approximate surface area is 202 Å². The number of aliphatic hydroxyl groups is 1. The van der Waals surface area contributed by atoms with Crippen LogP contribution in [0.25, 0.3) is 0 Å². The number of aliphatic hydroxyl groups excluding tert-OH is 1. The lowest BCUT2D eigenvalue weighted by Crippen LogP contribution is -2.50. The summed E-state index contributed by atoms with van der Waals surface area (Å²) >= 11 is 0. The molecule has 1 aliphatic rings. The first-order valence-corrected chi connectivity index (χ1v) is 11.8. The fraction of sp³-hybridized carbons (Fsp3) is 0.481. The van der Waals surface area contributed by atoms with Crippen LogP contribution in [0, 0.1) is 17.8 Å². The van der Waals surface area contributed by atoms with Crippen LogP contribution < -0.4 is 9.47 Å². The molecule has 7 nitrogen and oxygen atoms in total. The van der Waals surface area contributed by atoms with Gasteiger partial charge in [0.05, 0.1) is 19.8 Å². The second-order valence-corrected chi connectivity index (χ2v) is 8.94. The van der Waals surface area contributed by atoms with Crippen molar-refractivity contribution in [3.05, 3.63) is 53.2 Å². The molecule has 7 heteroatoms. The number of amides is 1. The number of hydrogen-bond acceptors (Lipinski definition) is 6. The Morgan fingerprint density at radius 1 is 1.29 bits per heavy atom. The Hall–Kier alpha value is -3.08. The first-order valence-electron chi connectivity index (χ1n) is 11.8. The number of rotatable bonds is 7. The molecule has 0 bridgehead atoms. The second-order valence-electron chi connectivity index (χ2n) is 8.94. The molecule has 0 saturated carbocycles. The van der Waals surface area contributed by atoms with E-state index >= 15 is 0 Å². The molecule has 34 heavy (non-hydrogen) atoms. The molecule has 0 unspecified atom stereocenters. The van der Waals surface area contributed by atoms with E-state index in [1.54, 1.807) is 24.3 Å². The van der Waals surface area contributed by atoms with E-state index in [1.165, 1.54) is 0 Å². The lowest BCUT2D eigenvalue weighted by atomic mass is 10.00. The highest BCUT2D eigenvalue weighted by molar-refractivity contribution is 5.97. The van der Waals surface area contributed by atoms with Gasteiger partial charge in [0.1, 0.15) is 17.4 Å². The van der Waals surface area contributed by atoms with Crippen LogP contribution in [-0.2, 0) is 0 Å². The lowest BCUT2D eigenvalue weighted by Gasteiger charge is -2.37. The number of carbonyl (C=O) groups excluding carboxylic acids is 1. The topological polar surface area (TPSA) is 75.1 Å². The Morgan fingerprint density at radius 2 is 2.00 bits per heavy atom. The predicted octanol–water partition coefficient (Wildman–Crippen LogP) is 3.05. The average Bonchev–Trinajstić information content (AvgIpc) is 2.85. The van der Waals surface area contributed by atoms with Crippen LogP contribution in [0.1, 0.15) is 48.7 Å². The van der Waals surface area contributed by atoms with E-state index < -0.39 is 0 Å². The van der Waals surface area contributed by atoms with E-state index in [0.29, 0.717) is 23.6 Å². The number of benzene rings is 1. The van der Waals surface area contributed by atoms with Gasteiger partial charge in [-0.15, -0.1) is 0 Å². The molecule has 2 aromatic rings. The molecule has 0 saturated heterocycles. The third-order valence-electron chi connectivity index (χ3n) is 6.06. The highest BCUT2D eigenvalue weighted by Crippen LogP contribution is 2.27. The zero-order valence-electron chi connectivity index (χ0n) is 20.7. The van der Waals surface area contributed by atoms with Gasteiger partial charge in [0.2, 0.25) is 5.88 Å². The van der Waals surface area contributed by atoms with E-state index in [0.717, 1.165) is 30.8 Å². The van der Waals surface area contributed by atoms with Crippen molar-refractivity contribution >= 4 is 5.91 Å². The van der Waals surface area contributed by atoms with Crippen LogP contribution in [0.3, 0.4) is 0 Å². The quantitative estimate of drug-likeness (QED) is 0.634. The fourth-order valence-corrected chi connectivity index (χ4v) is 3.99. The zero-order chi connectivity index (χ0) is 24.7. The van der Waals surface area contributed by atoms with Crippen molar-refractivity contribution in [1.82, 2.24) is 14.8 Å². The van der Waals surface area contributed by atoms with Gasteiger partial charge in [-0.3, -0.25) is 4.79 Å². The van der Waals surface area contributed by atoms with Crippen molar-refractivity contribution < 1.29 is 19.4 Å². The molecule has 1 amide bonds. The number of aromatic nitrogens is 1. The fourth-order valence-electron chi connectivity index (χ4n) is 3.99. The van der Waals surface area contributed by atoms with Crippen LogP contribution in [0.4, 0.5) is 0 Å².